The van der Waals surface area contributed by atoms with E-state index < -0.39 is 63.0 Å². The van der Waals surface area contributed by atoms with Crippen LogP contribution in [0.3, 0.4) is 0 Å². The third-order valence-electron chi connectivity index (χ3n) is 6.54. The molecule has 41 heavy (non-hydrogen) atoms. The van der Waals surface area contributed by atoms with E-state index in [1.165, 1.54) is 0 Å². The summed E-state index contributed by atoms with van der Waals surface area (Å²) in [6, 6.07) is 4.10. The van der Waals surface area contributed by atoms with E-state index in [1.54, 1.807) is 0 Å². The molecule has 9 nitrogen and oxygen atoms in total. The maximum atomic E-state index is 13.7. The monoisotopic (exact) mass is 613 g/mol. The highest BCUT2D eigenvalue weighted by atomic mass is 32.2. The lowest BCUT2D eigenvalue weighted by atomic mass is 9.87. The van der Waals surface area contributed by atoms with Crippen LogP contribution in [-0.2, 0) is 34.9 Å². The molecule has 2 atom stereocenters. The zero-order chi connectivity index (χ0) is 30.4. The summed E-state index contributed by atoms with van der Waals surface area (Å²) in [4.78, 5) is -0.416. The van der Waals surface area contributed by atoms with Crippen molar-refractivity contribution in [3.63, 3.8) is 0 Å². The van der Waals surface area contributed by atoms with Gasteiger partial charge >= 0.3 is 12.4 Å². The summed E-state index contributed by atoms with van der Waals surface area (Å²) in [5, 5.41) is 35.9. The van der Waals surface area contributed by atoms with Gasteiger partial charge in [0.05, 0.1) is 35.8 Å². The molecule has 0 aliphatic carbocycles. The van der Waals surface area contributed by atoms with Gasteiger partial charge in [-0.3, -0.25) is 4.31 Å². The molecule has 0 radical (unpaired) electrons. The normalized spacial score (nSPS) is 17.4. The summed E-state index contributed by atoms with van der Waals surface area (Å²) in [5.41, 5.74) is -7.26. The summed E-state index contributed by atoms with van der Waals surface area (Å²) >= 11 is 0. The van der Waals surface area contributed by atoms with Crippen LogP contribution in [0, 0.1) is 5.82 Å². The van der Waals surface area contributed by atoms with Crippen molar-refractivity contribution < 1.29 is 58.9 Å². The largest absolute Gasteiger partial charge is 0.430 e. The molecule has 0 bridgehead atoms. The van der Waals surface area contributed by atoms with Crippen LogP contribution in [0.1, 0.15) is 29.3 Å². The number of benzene rings is 2. The maximum absolute atomic E-state index is 13.7. The molecule has 0 saturated heterocycles. The van der Waals surface area contributed by atoms with Gasteiger partial charge in [-0.25, -0.2) is 12.8 Å². The highest BCUT2D eigenvalue weighted by molar-refractivity contribution is 7.92. The zero-order valence-electron chi connectivity index (χ0n) is 20.7. The molecule has 1 aromatic heterocycles. The number of aromatic nitrogens is 2. The van der Waals surface area contributed by atoms with E-state index in [4.69, 9.17) is 9.52 Å². The van der Waals surface area contributed by atoms with Crippen LogP contribution in [0.15, 0.2) is 51.8 Å². The number of aryl methyl sites for hydroxylation is 1. The Morgan fingerprint density at radius 2 is 1.61 bits per heavy atom. The fourth-order valence-corrected chi connectivity index (χ4v) is 6.22. The molecule has 4 rings (SSSR count). The topological polar surface area (TPSA) is 137 Å². The molecule has 0 saturated carbocycles. The number of aliphatic hydroxyl groups is 3. The number of sulfonamides is 1. The number of fused-ring (bicyclic) bond motifs is 1. The lowest BCUT2D eigenvalue weighted by Gasteiger charge is -2.39. The lowest BCUT2D eigenvalue weighted by Crippen LogP contribution is -2.54. The first-order valence-corrected chi connectivity index (χ1v) is 13.3. The van der Waals surface area contributed by atoms with Crippen molar-refractivity contribution in [2.24, 2.45) is 0 Å². The number of aliphatic hydroxyl groups excluding tert-OH is 2. The highest BCUT2D eigenvalue weighted by Gasteiger charge is 2.71. The van der Waals surface area contributed by atoms with Gasteiger partial charge in [-0.1, -0.05) is 12.1 Å². The van der Waals surface area contributed by atoms with Gasteiger partial charge in [0.1, 0.15) is 5.82 Å². The molecule has 2 aromatic carbocycles. The fraction of sp³-hybridized carbons (Fsp3) is 0.417. The van der Waals surface area contributed by atoms with E-state index in [0.717, 1.165) is 34.6 Å². The lowest BCUT2D eigenvalue weighted by molar-refractivity contribution is -0.376. The minimum Gasteiger partial charge on any atom is -0.425 e. The average molecular weight is 614 g/mol. The van der Waals surface area contributed by atoms with E-state index in [0.29, 0.717) is 12.1 Å². The highest BCUT2D eigenvalue weighted by Crippen LogP contribution is 2.51. The second-order valence-corrected chi connectivity index (χ2v) is 11.1. The van der Waals surface area contributed by atoms with E-state index in [-0.39, 0.29) is 48.7 Å². The molecule has 0 fully saturated rings. The van der Waals surface area contributed by atoms with Gasteiger partial charge in [0.15, 0.2) is 0 Å². The SMILES string of the molecule is O=S(=O)(c1ccc(F)cc1)N1c2ccc(C(O)(C(F)(F)F)C(F)(F)F)cc2CCC1Cc1nnc(CC(O)CO)o1. The molecule has 1 aliphatic rings. The summed E-state index contributed by atoms with van der Waals surface area (Å²) in [6.07, 6.45) is -14.3. The molecule has 0 amide bonds. The van der Waals surface area contributed by atoms with Crippen LogP contribution in [0.2, 0.25) is 0 Å². The van der Waals surface area contributed by atoms with Gasteiger partial charge in [0.2, 0.25) is 11.8 Å². The van der Waals surface area contributed by atoms with Crippen molar-refractivity contribution in [3.8, 4) is 0 Å². The summed E-state index contributed by atoms with van der Waals surface area (Å²) < 4.78 is 128. The van der Waals surface area contributed by atoms with Gasteiger partial charge in [-0.05, 0) is 48.7 Å². The van der Waals surface area contributed by atoms with Crippen molar-refractivity contribution in [2.45, 2.75) is 60.7 Å². The van der Waals surface area contributed by atoms with Gasteiger partial charge < -0.3 is 19.7 Å². The predicted molar refractivity (Wildman–Crippen MR) is 125 cm³/mol. The number of hydrogen-bond donors (Lipinski definition) is 3. The van der Waals surface area contributed by atoms with Crippen molar-refractivity contribution >= 4 is 15.7 Å². The number of anilines is 1. The minimum atomic E-state index is -6.14. The first-order chi connectivity index (χ1) is 19.0. The van der Waals surface area contributed by atoms with Gasteiger partial charge in [0.25, 0.3) is 15.6 Å². The average Bonchev–Trinajstić information content (AvgIpc) is 3.32. The molecule has 0 spiro atoms. The van der Waals surface area contributed by atoms with Gasteiger partial charge in [-0.15, -0.1) is 10.2 Å². The standard InChI is InChI=1S/C24H22F7N3O6S/c25-15-3-6-18(7-4-15)41(38,39)34-16(10-20-32-33-21(40-20)11-17(36)12-35)5-1-13-9-14(2-8-19(13)34)22(37,23(26,27)28)24(29,30)31/h2-4,6-9,16-17,35-37H,1,5,10-12H2. The Hall–Kier alpha value is -3.28. The smallest absolute Gasteiger partial charge is 0.425 e. The number of alkyl halides is 6. The number of rotatable bonds is 8. The van der Waals surface area contributed by atoms with Crippen LogP contribution >= 0.6 is 0 Å². The Bertz CT molecular complexity index is 1480. The number of hydrogen-bond acceptors (Lipinski definition) is 8. The van der Waals surface area contributed by atoms with E-state index in [9.17, 15) is 49.4 Å². The molecule has 3 N–H and O–H groups in total. The van der Waals surface area contributed by atoms with E-state index in [2.05, 4.69) is 10.2 Å². The van der Waals surface area contributed by atoms with Crippen molar-refractivity contribution in [1.29, 1.82) is 0 Å². The van der Waals surface area contributed by atoms with Crippen LogP contribution < -0.4 is 4.31 Å². The fourth-order valence-electron chi connectivity index (χ4n) is 4.50. The van der Waals surface area contributed by atoms with Gasteiger partial charge in [-0.2, -0.15) is 26.3 Å². The minimum absolute atomic E-state index is 0.0751. The molecule has 224 valence electrons. The van der Waals surface area contributed by atoms with E-state index in [1.807, 2.05) is 0 Å². The third kappa shape index (κ3) is 5.75. The quantitative estimate of drug-likeness (QED) is 0.330. The first kappa shape index (κ1) is 30.7. The Kier molecular flexibility index (Phi) is 8.12. The molecular formula is C24H22F7N3O6S. The molecule has 17 heteroatoms. The number of halogens is 7. The Morgan fingerprint density at radius 3 is 2.20 bits per heavy atom. The van der Waals surface area contributed by atoms with Crippen molar-refractivity contribution in [2.75, 3.05) is 10.9 Å². The predicted octanol–water partition coefficient (Wildman–Crippen LogP) is 3.17. The van der Waals surface area contributed by atoms with Crippen LogP contribution in [0.25, 0.3) is 0 Å². The summed E-state index contributed by atoms with van der Waals surface area (Å²) in [7, 11) is -4.59. The van der Waals surface area contributed by atoms with Gasteiger partial charge in [0, 0.05) is 12.0 Å². The van der Waals surface area contributed by atoms with Crippen molar-refractivity contribution in [3.05, 3.63) is 71.2 Å². The molecule has 2 heterocycles. The Balaban J connectivity index is 1.80. The Labute approximate surface area is 227 Å². The summed E-state index contributed by atoms with van der Waals surface area (Å²) in [6.45, 7) is -0.597. The zero-order valence-corrected chi connectivity index (χ0v) is 21.5. The van der Waals surface area contributed by atoms with Crippen LogP contribution in [0.4, 0.5) is 36.4 Å². The Morgan fingerprint density at radius 1 is 1.00 bits per heavy atom. The summed E-state index contributed by atoms with van der Waals surface area (Å²) in [5.74, 6) is -0.932. The van der Waals surface area contributed by atoms with Crippen LogP contribution in [-0.4, -0.2) is 65.0 Å². The number of nitrogens with zero attached hydrogens (tertiary/aromatic N) is 3. The molecular weight excluding hydrogens is 591 g/mol. The third-order valence-corrected chi connectivity index (χ3v) is 8.42. The van der Waals surface area contributed by atoms with Crippen molar-refractivity contribution in [1.82, 2.24) is 10.2 Å². The first-order valence-electron chi connectivity index (χ1n) is 11.9. The maximum Gasteiger partial charge on any atom is 0.430 e. The molecule has 3 aromatic rings. The second-order valence-electron chi connectivity index (χ2n) is 9.33. The molecule has 2 unspecified atom stereocenters. The second kappa shape index (κ2) is 10.8. The van der Waals surface area contributed by atoms with Crippen LogP contribution in [0.5, 0.6) is 0 Å². The van der Waals surface area contributed by atoms with E-state index >= 15 is 0 Å². The molecule has 1 aliphatic heterocycles.